The monoisotopic (exact) mass is 432 g/mol. The molecule has 1 aromatic rings. The molecule has 176 valence electrons. The summed E-state index contributed by atoms with van der Waals surface area (Å²) in [6, 6.07) is 6.05. The van der Waals surface area contributed by atoms with Crippen LogP contribution in [0.15, 0.2) is 18.2 Å². The molecule has 0 atom stereocenters. The maximum atomic E-state index is 11.4. The summed E-state index contributed by atoms with van der Waals surface area (Å²) in [5.74, 6) is 0.660. The minimum atomic E-state index is 0.650. The molecule has 1 saturated heterocycles. The smallest absolute Gasteiger partial charge is 0.153 e. The van der Waals surface area contributed by atoms with Crippen LogP contribution in [0.3, 0.4) is 0 Å². The molecule has 2 rings (SSSR count). The zero-order valence-electron chi connectivity index (χ0n) is 20.2. The van der Waals surface area contributed by atoms with Gasteiger partial charge in [-0.25, -0.2) is 0 Å². The van der Waals surface area contributed by atoms with E-state index in [9.17, 15) is 4.79 Å². The van der Waals surface area contributed by atoms with E-state index in [-0.39, 0.29) is 0 Å². The van der Waals surface area contributed by atoms with E-state index in [0.29, 0.717) is 11.3 Å². The molecule has 0 bridgehead atoms. The number of rotatable bonds is 17. The quantitative estimate of drug-likeness (QED) is 0.159. The van der Waals surface area contributed by atoms with Gasteiger partial charge >= 0.3 is 0 Å². The fraction of sp³-hybridized carbons (Fsp3) is 0.741. The van der Waals surface area contributed by atoms with Gasteiger partial charge in [-0.3, -0.25) is 4.79 Å². The Morgan fingerprint density at radius 3 is 2.03 bits per heavy atom. The molecule has 1 aliphatic heterocycles. The first kappa shape index (κ1) is 25.9. The molecule has 4 nitrogen and oxygen atoms in total. The Labute approximate surface area is 190 Å². The van der Waals surface area contributed by atoms with Crippen LogP contribution in [0, 0.1) is 0 Å². The van der Waals surface area contributed by atoms with Gasteiger partial charge in [-0.2, -0.15) is 0 Å². The normalized spacial score (nSPS) is 15.7. The molecular formula is C27H46NO3+. The summed E-state index contributed by atoms with van der Waals surface area (Å²) in [5, 5.41) is 0. The second kappa shape index (κ2) is 15.4. The van der Waals surface area contributed by atoms with E-state index in [1.54, 1.807) is 7.11 Å². The number of benzene rings is 1. The van der Waals surface area contributed by atoms with Crippen molar-refractivity contribution in [3.05, 3.63) is 29.3 Å². The largest absolute Gasteiger partial charge is 0.496 e. The van der Waals surface area contributed by atoms with Crippen LogP contribution in [0.5, 0.6) is 5.75 Å². The van der Waals surface area contributed by atoms with Crippen molar-refractivity contribution in [1.29, 1.82) is 0 Å². The minimum absolute atomic E-state index is 0.650. The van der Waals surface area contributed by atoms with Gasteiger partial charge in [0.05, 0.1) is 32.4 Å². The number of quaternary nitrogens is 1. The Morgan fingerprint density at radius 2 is 1.48 bits per heavy atom. The van der Waals surface area contributed by atoms with E-state index in [4.69, 9.17) is 9.47 Å². The molecule has 0 aromatic heterocycles. The summed E-state index contributed by atoms with van der Waals surface area (Å²) < 4.78 is 12.0. The number of carbonyl (C=O) groups is 1. The lowest BCUT2D eigenvalue weighted by atomic mass is 10.0. The second-order valence-electron chi connectivity index (χ2n) is 9.37. The molecule has 0 spiro atoms. The lowest BCUT2D eigenvalue weighted by molar-refractivity contribution is -0.947. The fourth-order valence-corrected chi connectivity index (χ4v) is 4.84. The number of nitrogens with zero attached hydrogens (tertiary/aromatic N) is 1. The number of unbranched alkanes of at least 4 members (excludes halogenated alkanes) is 11. The number of hydrogen-bond donors (Lipinski definition) is 0. The van der Waals surface area contributed by atoms with E-state index >= 15 is 0 Å². The number of morpholine rings is 1. The van der Waals surface area contributed by atoms with E-state index < -0.39 is 0 Å². The maximum Gasteiger partial charge on any atom is 0.153 e. The molecule has 4 heteroatoms. The van der Waals surface area contributed by atoms with Crippen molar-refractivity contribution in [2.45, 2.75) is 90.5 Å². The van der Waals surface area contributed by atoms with Crippen LogP contribution >= 0.6 is 0 Å². The van der Waals surface area contributed by atoms with Gasteiger partial charge in [0.1, 0.15) is 25.4 Å². The standard InChI is InChI=1S/C27H46NO3/c1-3-4-5-6-7-8-9-10-11-12-13-14-17-28(18-20-31-21-19-28)23-25-15-16-27(30-2)26(22-25)24-29/h15-16,22,24H,3-14,17-21,23H2,1-2H3/q+1. The fourth-order valence-electron chi connectivity index (χ4n) is 4.84. The first-order chi connectivity index (χ1) is 15.2. The van der Waals surface area contributed by atoms with E-state index in [2.05, 4.69) is 13.0 Å². The van der Waals surface area contributed by atoms with E-state index in [0.717, 1.165) is 43.6 Å². The van der Waals surface area contributed by atoms with Crippen molar-refractivity contribution in [1.82, 2.24) is 0 Å². The molecular weight excluding hydrogens is 386 g/mol. The van der Waals surface area contributed by atoms with Gasteiger partial charge in [-0.1, -0.05) is 71.1 Å². The van der Waals surface area contributed by atoms with Gasteiger partial charge in [-0.15, -0.1) is 0 Å². The van der Waals surface area contributed by atoms with Gasteiger partial charge in [0.15, 0.2) is 6.29 Å². The SMILES string of the molecule is CCCCCCCCCCCCCC[N+]1(Cc2ccc(OC)c(C=O)c2)CCOCC1. The molecule has 0 radical (unpaired) electrons. The van der Waals surface area contributed by atoms with Gasteiger partial charge in [0.25, 0.3) is 0 Å². The third-order valence-corrected chi connectivity index (χ3v) is 6.85. The van der Waals surface area contributed by atoms with Gasteiger partial charge in [-0.05, 0) is 31.0 Å². The van der Waals surface area contributed by atoms with E-state index in [1.807, 2.05) is 12.1 Å². The summed E-state index contributed by atoms with van der Waals surface area (Å²) in [6.45, 7) is 8.30. The topological polar surface area (TPSA) is 35.5 Å². The number of ether oxygens (including phenoxy) is 2. The molecule has 0 N–H and O–H groups in total. The molecule has 1 aliphatic rings. The Bertz CT molecular complexity index is 610. The predicted octanol–water partition coefficient (Wildman–Crippen LogP) is 6.56. The van der Waals surface area contributed by atoms with Crippen molar-refractivity contribution < 1.29 is 18.8 Å². The van der Waals surface area contributed by atoms with Crippen molar-refractivity contribution in [3.63, 3.8) is 0 Å². The maximum absolute atomic E-state index is 11.4. The van der Waals surface area contributed by atoms with Crippen molar-refractivity contribution in [2.75, 3.05) is 40.0 Å². The average molecular weight is 433 g/mol. The highest BCUT2D eigenvalue weighted by Crippen LogP contribution is 2.24. The third-order valence-electron chi connectivity index (χ3n) is 6.85. The highest BCUT2D eigenvalue weighted by Gasteiger charge is 2.30. The highest BCUT2D eigenvalue weighted by molar-refractivity contribution is 5.79. The van der Waals surface area contributed by atoms with Crippen molar-refractivity contribution >= 4 is 6.29 Å². The Balaban J connectivity index is 1.69. The van der Waals surface area contributed by atoms with E-state index in [1.165, 1.54) is 89.2 Å². The molecule has 0 aliphatic carbocycles. The lowest BCUT2D eigenvalue weighted by Crippen LogP contribution is -2.54. The second-order valence-corrected chi connectivity index (χ2v) is 9.37. The van der Waals surface area contributed by atoms with Crippen LogP contribution in [-0.2, 0) is 11.3 Å². The van der Waals surface area contributed by atoms with Crippen LogP contribution in [0.4, 0.5) is 0 Å². The van der Waals surface area contributed by atoms with Crippen LogP contribution in [0.1, 0.15) is 99.9 Å². The Hall–Kier alpha value is -1.39. The number of aldehydes is 1. The Morgan fingerprint density at radius 1 is 0.903 bits per heavy atom. The zero-order chi connectivity index (χ0) is 22.2. The highest BCUT2D eigenvalue weighted by atomic mass is 16.5. The lowest BCUT2D eigenvalue weighted by Gasteiger charge is -2.41. The van der Waals surface area contributed by atoms with Crippen molar-refractivity contribution in [2.24, 2.45) is 0 Å². The predicted molar refractivity (Wildman–Crippen MR) is 129 cm³/mol. The minimum Gasteiger partial charge on any atom is -0.496 e. The number of carbonyl (C=O) groups excluding carboxylic acids is 1. The molecule has 0 saturated carbocycles. The van der Waals surface area contributed by atoms with Gasteiger partial charge < -0.3 is 14.0 Å². The summed E-state index contributed by atoms with van der Waals surface area (Å²) >= 11 is 0. The number of hydrogen-bond acceptors (Lipinski definition) is 3. The first-order valence-electron chi connectivity index (χ1n) is 12.8. The number of methoxy groups -OCH3 is 1. The molecule has 0 unspecified atom stereocenters. The Kier molecular flexibility index (Phi) is 12.9. The average Bonchev–Trinajstić information content (AvgIpc) is 2.80. The summed E-state index contributed by atoms with van der Waals surface area (Å²) in [6.07, 6.45) is 17.5. The summed E-state index contributed by atoms with van der Waals surface area (Å²) in [4.78, 5) is 11.4. The molecule has 1 aromatic carbocycles. The molecule has 1 heterocycles. The molecule has 31 heavy (non-hydrogen) atoms. The van der Waals surface area contributed by atoms with Crippen LogP contribution in [0.2, 0.25) is 0 Å². The van der Waals surface area contributed by atoms with Crippen LogP contribution in [0.25, 0.3) is 0 Å². The third kappa shape index (κ3) is 9.74. The van der Waals surface area contributed by atoms with Crippen LogP contribution < -0.4 is 4.74 Å². The first-order valence-corrected chi connectivity index (χ1v) is 12.8. The molecule has 1 fully saturated rings. The summed E-state index contributed by atoms with van der Waals surface area (Å²) in [5.41, 5.74) is 1.88. The van der Waals surface area contributed by atoms with Crippen LogP contribution in [-0.4, -0.2) is 50.7 Å². The molecule has 0 amide bonds. The summed E-state index contributed by atoms with van der Waals surface area (Å²) in [7, 11) is 1.62. The van der Waals surface area contributed by atoms with Crippen molar-refractivity contribution in [3.8, 4) is 5.75 Å². The van der Waals surface area contributed by atoms with Gasteiger partial charge in [0.2, 0.25) is 0 Å². The zero-order valence-corrected chi connectivity index (χ0v) is 20.2. The van der Waals surface area contributed by atoms with Gasteiger partial charge in [0, 0.05) is 5.56 Å².